The number of nitrogens with two attached hydrogens (primary N) is 1. The van der Waals surface area contributed by atoms with Crippen LogP contribution < -0.4 is 5.73 Å². The van der Waals surface area contributed by atoms with E-state index in [4.69, 9.17) is 5.73 Å². The summed E-state index contributed by atoms with van der Waals surface area (Å²) in [4.78, 5) is 23.0. The van der Waals surface area contributed by atoms with E-state index in [2.05, 4.69) is 11.7 Å². The minimum Gasteiger partial charge on any atom is -0.468 e. The molecular formula is C14H19NO3. The lowest BCUT2D eigenvalue weighted by atomic mass is 10.0. The van der Waals surface area contributed by atoms with E-state index in [9.17, 15) is 9.59 Å². The average molecular weight is 249 g/mol. The summed E-state index contributed by atoms with van der Waals surface area (Å²) in [6.07, 6.45) is 2.04. The van der Waals surface area contributed by atoms with Crippen LogP contribution in [-0.4, -0.2) is 24.9 Å². The van der Waals surface area contributed by atoms with Gasteiger partial charge in [0.15, 0.2) is 5.78 Å². The zero-order chi connectivity index (χ0) is 13.5. The van der Waals surface area contributed by atoms with E-state index in [1.807, 2.05) is 12.1 Å². The average Bonchev–Trinajstić information content (AvgIpc) is 2.38. The number of carbonyl (C=O) groups is 2. The highest BCUT2D eigenvalue weighted by Gasteiger charge is 2.18. The number of carbonyl (C=O) groups excluding carboxylic acids is 2. The van der Waals surface area contributed by atoms with Gasteiger partial charge in [-0.2, -0.15) is 0 Å². The van der Waals surface area contributed by atoms with E-state index in [1.165, 1.54) is 12.7 Å². The van der Waals surface area contributed by atoms with Crippen molar-refractivity contribution in [2.45, 2.75) is 32.2 Å². The molecule has 1 rings (SSSR count). The van der Waals surface area contributed by atoms with Crippen LogP contribution in [-0.2, 0) is 16.0 Å². The lowest BCUT2D eigenvalue weighted by Gasteiger charge is -2.08. The van der Waals surface area contributed by atoms with Crippen LogP contribution in [0.2, 0.25) is 0 Å². The summed E-state index contributed by atoms with van der Waals surface area (Å²) in [6.45, 7) is 2.11. The fraction of sp³-hybridized carbons (Fsp3) is 0.429. The van der Waals surface area contributed by atoms with Crippen LogP contribution in [0, 0.1) is 0 Å². The molecule has 1 atom stereocenters. The molecule has 4 nitrogen and oxygen atoms in total. The van der Waals surface area contributed by atoms with Gasteiger partial charge in [0.05, 0.1) is 7.11 Å². The molecule has 1 aromatic rings. The molecule has 1 unspecified atom stereocenters. The number of hydrogen-bond acceptors (Lipinski definition) is 4. The van der Waals surface area contributed by atoms with Gasteiger partial charge in [-0.3, -0.25) is 9.59 Å². The summed E-state index contributed by atoms with van der Waals surface area (Å²) >= 11 is 0. The van der Waals surface area contributed by atoms with Crippen molar-refractivity contribution in [3.63, 3.8) is 0 Å². The van der Waals surface area contributed by atoms with Crippen molar-refractivity contribution in [3.8, 4) is 0 Å². The summed E-state index contributed by atoms with van der Waals surface area (Å²) in [7, 11) is 1.26. The number of hydrogen-bond donors (Lipinski definition) is 1. The molecule has 0 aliphatic heterocycles. The third kappa shape index (κ3) is 3.96. The summed E-state index contributed by atoms with van der Waals surface area (Å²) < 4.78 is 4.48. The minimum atomic E-state index is -0.891. The number of ether oxygens (including phenoxy) is 1. The number of methoxy groups -OCH3 is 1. The van der Waals surface area contributed by atoms with E-state index >= 15 is 0 Å². The van der Waals surface area contributed by atoms with Crippen LogP contribution in [0.3, 0.4) is 0 Å². The van der Waals surface area contributed by atoms with Crippen LogP contribution in [0.25, 0.3) is 0 Å². The van der Waals surface area contributed by atoms with Gasteiger partial charge >= 0.3 is 5.97 Å². The first-order valence-corrected chi connectivity index (χ1v) is 6.04. The second-order valence-electron chi connectivity index (χ2n) is 4.20. The highest BCUT2D eigenvalue weighted by Crippen LogP contribution is 2.09. The van der Waals surface area contributed by atoms with Crippen LogP contribution >= 0.6 is 0 Å². The largest absolute Gasteiger partial charge is 0.468 e. The smallest absolute Gasteiger partial charge is 0.323 e. The van der Waals surface area contributed by atoms with Crippen LogP contribution in [0.5, 0.6) is 0 Å². The van der Waals surface area contributed by atoms with Gasteiger partial charge in [0.2, 0.25) is 0 Å². The van der Waals surface area contributed by atoms with Crippen molar-refractivity contribution in [1.82, 2.24) is 0 Å². The van der Waals surface area contributed by atoms with Gasteiger partial charge in [0.25, 0.3) is 0 Å². The molecule has 0 spiro atoms. The van der Waals surface area contributed by atoms with Gasteiger partial charge in [0.1, 0.15) is 6.04 Å². The van der Waals surface area contributed by atoms with Crippen LogP contribution in [0.1, 0.15) is 35.7 Å². The second-order valence-corrected chi connectivity index (χ2v) is 4.20. The summed E-state index contributed by atoms with van der Waals surface area (Å²) in [5.74, 6) is -0.707. The van der Waals surface area contributed by atoms with E-state index in [0.717, 1.165) is 12.8 Å². The predicted molar refractivity (Wildman–Crippen MR) is 69.4 cm³/mol. The van der Waals surface area contributed by atoms with Gasteiger partial charge in [0, 0.05) is 12.0 Å². The quantitative estimate of drug-likeness (QED) is 0.615. The topological polar surface area (TPSA) is 69.4 Å². The molecule has 0 fully saturated rings. The molecule has 4 heteroatoms. The maximum Gasteiger partial charge on any atom is 0.323 e. The van der Waals surface area contributed by atoms with E-state index in [0.29, 0.717) is 5.56 Å². The minimum absolute atomic E-state index is 0.0280. The maximum absolute atomic E-state index is 11.9. The third-order valence-electron chi connectivity index (χ3n) is 2.72. The fourth-order valence-electron chi connectivity index (χ4n) is 1.70. The molecule has 1 aromatic carbocycles. The summed E-state index contributed by atoms with van der Waals surface area (Å²) in [6, 6.07) is 6.52. The van der Waals surface area contributed by atoms with Gasteiger partial charge in [-0.15, -0.1) is 0 Å². The molecule has 0 amide bonds. The first-order valence-electron chi connectivity index (χ1n) is 6.04. The van der Waals surface area contributed by atoms with Gasteiger partial charge in [-0.25, -0.2) is 0 Å². The maximum atomic E-state index is 11.9. The highest BCUT2D eigenvalue weighted by molar-refractivity contribution is 5.98. The molecular weight excluding hydrogens is 230 g/mol. The van der Waals surface area contributed by atoms with Crippen molar-refractivity contribution < 1.29 is 14.3 Å². The van der Waals surface area contributed by atoms with E-state index in [-0.39, 0.29) is 12.2 Å². The molecule has 0 aliphatic rings. The Bertz CT molecular complexity index is 412. The molecule has 2 N–H and O–H groups in total. The van der Waals surface area contributed by atoms with E-state index in [1.54, 1.807) is 12.1 Å². The second kappa shape index (κ2) is 6.91. The Kier molecular flexibility index (Phi) is 5.52. The van der Waals surface area contributed by atoms with Crippen molar-refractivity contribution in [3.05, 3.63) is 35.4 Å². The SMILES string of the molecule is CCCc1ccc(C(=O)CC(N)C(=O)OC)cc1. The molecule has 0 bridgehead atoms. The van der Waals surface area contributed by atoms with Gasteiger partial charge in [-0.05, 0) is 12.0 Å². The molecule has 0 heterocycles. The summed E-state index contributed by atoms with van der Waals surface area (Å²) in [5.41, 5.74) is 7.33. The van der Waals surface area contributed by atoms with Gasteiger partial charge in [-0.1, -0.05) is 37.6 Å². The Labute approximate surface area is 107 Å². The molecule has 18 heavy (non-hydrogen) atoms. The summed E-state index contributed by atoms with van der Waals surface area (Å²) in [5, 5.41) is 0. The Morgan fingerprint density at radius 1 is 1.28 bits per heavy atom. The zero-order valence-corrected chi connectivity index (χ0v) is 10.8. The lowest BCUT2D eigenvalue weighted by Crippen LogP contribution is -2.33. The Morgan fingerprint density at radius 3 is 2.39 bits per heavy atom. The Balaban J connectivity index is 2.64. The van der Waals surface area contributed by atoms with Crippen molar-refractivity contribution in [2.75, 3.05) is 7.11 Å². The highest BCUT2D eigenvalue weighted by atomic mass is 16.5. The fourth-order valence-corrected chi connectivity index (χ4v) is 1.70. The van der Waals surface area contributed by atoms with Crippen molar-refractivity contribution >= 4 is 11.8 Å². The van der Waals surface area contributed by atoms with Crippen molar-refractivity contribution in [1.29, 1.82) is 0 Å². The molecule has 98 valence electrons. The Hall–Kier alpha value is -1.68. The number of aryl methyl sites for hydroxylation is 1. The van der Waals surface area contributed by atoms with Crippen molar-refractivity contribution in [2.24, 2.45) is 5.73 Å². The number of ketones is 1. The molecule has 0 aromatic heterocycles. The molecule has 0 saturated heterocycles. The zero-order valence-electron chi connectivity index (χ0n) is 10.8. The third-order valence-corrected chi connectivity index (χ3v) is 2.72. The standard InChI is InChI=1S/C14H19NO3/c1-3-4-10-5-7-11(8-6-10)13(16)9-12(15)14(17)18-2/h5-8,12H,3-4,9,15H2,1-2H3. The predicted octanol–water partition coefficient (Wildman–Crippen LogP) is 1.71. The number of rotatable bonds is 6. The molecule has 0 saturated carbocycles. The molecule has 0 radical (unpaired) electrons. The first-order chi connectivity index (χ1) is 8.58. The van der Waals surface area contributed by atoms with E-state index < -0.39 is 12.0 Å². The van der Waals surface area contributed by atoms with Crippen LogP contribution in [0.4, 0.5) is 0 Å². The number of Topliss-reactive ketones (excluding diaryl/α,β-unsaturated/α-hetero) is 1. The monoisotopic (exact) mass is 249 g/mol. The van der Waals surface area contributed by atoms with Crippen LogP contribution in [0.15, 0.2) is 24.3 Å². The first kappa shape index (κ1) is 14.4. The normalized spacial score (nSPS) is 11.9. The molecule has 0 aliphatic carbocycles. The van der Waals surface area contributed by atoms with Gasteiger partial charge < -0.3 is 10.5 Å². The number of benzene rings is 1. The number of esters is 1. The lowest BCUT2D eigenvalue weighted by molar-refractivity contribution is -0.142. The Morgan fingerprint density at radius 2 is 1.89 bits per heavy atom.